The molecular formula is C27H26N2O4S. The summed E-state index contributed by atoms with van der Waals surface area (Å²) >= 11 is 1.62. The molecule has 2 aromatic heterocycles. The number of hydrogen-bond donors (Lipinski definition) is 2. The summed E-state index contributed by atoms with van der Waals surface area (Å²) in [5.41, 5.74) is 3.73. The molecule has 174 valence electrons. The second-order valence-electron chi connectivity index (χ2n) is 8.66. The molecule has 3 heterocycles. The molecule has 0 saturated carbocycles. The predicted octanol–water partition coefficient (Wildman–Crippen LogP) is 4.96. The Morgan fingerprint density at radius 3 is 2.74 bits per heavy atom. The van der Waals surface area contributed by atoms with E-state index in [-0.39, 0.29) is 18.1 Å². The maximum absolute atomic E-state index is 13.5. The molecule has 0 bridgehead atoms. The van der Waals surface area contributed by atoms with Crippen LogP contribution in [0, 0.1) is 6.92 Å². The zero-order valence-corrected chi connectivity index (χ0v) is 19.9. The zero-order chi connectivity index (χ0) is 23.8. The number of aromatic amines is 1. The van der Waals surface area contributed by atoms with Crippen molar-refractivity contribution in [1.82, 2.24) is 9.88 Å². The second-order valence-corrected chi connectivity index (χ2v) is 9.54. The molecule has 0 saturated heterocycles. The summed E-state index contributed by atoms with van der Waals surface area (Å²) in [5, 5.41) is 11.8. The fourth-order valence-electron chi connectivity index (χ4n) is 4.77. The summed E-state index contributed by atoms with van der Waals surface area (Å²) in [6.07, 6.45) is 2.87. The van der Waals surface area contributed by atoms with Crippen molar-refractivity contribution < 1.29 is 14.3 Å². The lowest BCUT2D eigenvalue weighted by molar-refractivity contribution is -0.132. The van der Waals surface area contributed by atoms with Crippen LogP contribution in [0.15, 0.2) is 68.7 Å². The van der Waals surface area contributed by atoms with Crippen LogP contribution in [0.1, 0.15) is 40.7 Å². The van der Waals surface area contributed by atoms with Gasteiger partial charge in [-0.1, -0.05) is 30.3 Å². The number of rotatable bonds is 5. The summed E-state index contributed by atoms with van der Waals surface area (Å²) < 4.78 is 5.81. The van der Waals surface area contributed by atoms with Crippen LogP contribution in [0.25, 0.3) is 10.9 Å². The molecule has 0 radical (unpaired) electrons. The van der Waals surface area contributed by atoms with Crippen molar-refractivity contribution >= 4 is 28.6 Å². The first-order valence-electron chi connectivity index (χ1n) is 11.3. The van der Waals surface area contributed by atoms with Gasteiger partial charge in [0.2, 0.25) is 17.1 Å². The summed E-state index contributed by atoms with van der Waals surface area (Å²) in [4.78, 5) is 32.2. The highest BCUT2D eigenvalue weighted by Crippen LogP contribution is 2.35. The van der Waals surface area contributed by atoms with Gasteiger partial charge in [0.05, 0.1) is 12.5 Å². The molecule has 0 fully saturated rings. The molecule has 1 atom stereocenters. The minimum atomic E-state index is -0.569. The smallest absolute Gasteiger partial charge is 0.227 e. The van der Waals surface area contributed by atoms with Crippen LogP contribution in [-0.2, 0) is 17.8 Å². The van der Waals surface area contributed by atoms with Gasteiger partial charge in [-0.05, 0) is 48.9 Å². The maximum atomic E-state index is 13.5. The standard InChI is InChI=1S/C27H26N2O4S/c1-16-13-24(30)26(32)27(33-16)21(17-7-9-18(34-2)10-8-17)14-25(31)29-12-11-20-19-5-3-4-6-22(19)28-23(20)15-29/h3-10,13,21,28,32H,11-12,14-15H2,1-2H3/t21-/m1/s1. The molecule has 5 rings (SSSR count). The van der Waals surface area contributed by atoms with E-state index in [0.29, 0.717) is 18.8 Å². The van der Waals surface area contributed by atoms with Gasteiger partial charge in [0.15, 0.2) is 5.76 Å². The van der Waals surface area contributed by atoms with E-state index in [1.807, 2.05) is 47.6 Å². The van der Waals surface area contributed by atoms with Gasteiger partial charge in [0.1, 0.15) is 5.76 Å². The molecule has 1 aliphatic rings. The molecule has 34 heavy (non-hydrogen) atoms. The summed E-state index contributed by atoms with van der Waals surface area (Å²) in [6, 6.07) is 17.3. The second kappa shape index (κ2) is 9.06. The van der Waals surface area contributed by atoms with E-state index >= 15 is 0 Å². The van der Waals surface area contributed by atoms with E-state index in [9.17, 15) is 14.7 Å². The van der Waals surface area contributed by atoms with Gasteiger partial charge in [0.25, 0.3) is 0 Å². The van der Waals surface area contributed by atoms with Crippen molar-refractivity contribution in [3.05, 3.63) is 93.2 Å². The van der Waals surface area contributed by atoms with Crippen molar-refractivity contribution in [1.29, 1.82) is 0 Å². The average molecular weight is 475 g/mol. The number of H-pyrrole nitrogens is 1. The van der Waals surface area contributed by atoms with E-state index in [1.54, 1.807) is 18.7 Å². The van der Waals surface area contributed by atoms with E-state index in [2.05, 4.69) is 17.1 Å². The number of aromatic nitrogens is 1. The third kappa shape index (κ3) is 4.12. The first-order valence-corrected chi connectivity index (χ1v) is 12.5. The number of fused-ring (bicyclic) bond motifs is 3. The number of nitrogens with zero attached hydrogens (tertiary/aromatic N) is 1. The molecular weight excluding hydrogens is 448 g/mol. The van der Waals surface area contributed by atoms with Crippen molar-refractivity contribution in [3.8, 4) is 5.75 Å². The Kier molecular flexibility index (Phi) is 5.96. The lowest BCUT2D eigenvalue weighted by atomic mass is 9.91. The summed E-state index contributed by atoms with van der Waals surface area (Å²) in [5.74, 6) is -0.518. The Morgan fingerprint density at radius 1 is 1.21 bits per heavy atom. The maximum Gasteiger partial charge on any atom is 0.227 e. The quantitative estimate of drug-likeness (QED) is 0.399. The fourth-order valence-corrected chi connectivity index (χ4v) is 5.18. The Balaban J connectivity index is 1.46. The van der Waals surface area contributed by atoms with Crippen molar-refractivity contribution in [3.63, 3.8) is 0 Å². The van der Waals surface area contributed by atoms with Crippen LogP contribution < -0.4 is 5.43 Å². The third-order valence-corrected chi connectivity index (χ3v) is 7.26. The van der Waals surface area contributed by atoms with Crippen molar-refractivity contribution in [2.75, 3.05) is 12.8 Å². The van der Waals surface area contributed by atoms with Gasteiger partial charge in [-0.2, -0.15) is 0 Å². The van der Waals surface area contributed by atoms with Gasteiger partial charge in [-0.15, -0.1) is 11.8 Å². The van der Waals surface area contributed by atoms with Crippen LogP contribution in [0.3, 0.4) is 0 Å². The topological polar surface area (TPSA) is 86.5 Å². The number of carbonyl (C=O) groups excluding carboxylic acids is 1. The molecule has 1 amide bonds. The Hall–Kier alpha value is -3.45. The molecule has 0 aliphatic carbocycles. The highest BCUT2D eigenvalue weighted by Gasteiger charge is 2.30. The normalized spacial score (nSPS) is 14.2. The van der Waals surface area contributed by atoms with E-state index in [1.165, 1.54) is 17.0 Å². The number of carbonyl (C=O) groups is 1. The molecule has 1 aliphatic heterocycles. The van der Waals surface area contributed by atoms with Gasteiger partial charge < -0.3 is 19.4 Å². The van der Waals surface area contributed by atoms with Crippen molar-refractivity contribution in [2.45, 2.75) is 37.1 Å². The first-order chi connectivity index (χ1) is 16.4. The van der Waals surface area contributed by atoms with Crippen LogP contribution in [0.4, 0.5) is 0 Å². The fraction of sp³-hybridized carbons (Fsp3) is 0.259. The molecule has 2 aromatic carbocycles. The highest BCUT2D eigenvalue weighted by atomic mass is 32.2. The first kappa shape index (κ1) is 22.3. The molecule has 4 aromatic rings. The number of para-hydroxylation sites is 1. The summed E-state index contributed by atoms with van der Waals surface area (Å²) in [7, 11) is 0. The lowest BCUT2D eigenvalue weighted by Crippen LogP contribution is -2.36. The Labute approximate surface area is 201 Å². The Morgan fingerprint density at radius 2 is 1.97 bits per heavy atom. The van der Waals surface area contributed by atoms with Gasteiger partial charge >= 0.3 is 0 Å². The van der Waals surface area contributed by atoms with Crippen LogP contribution in [0.2, 0.25) is 0 Å². The van der Waals surface area contributed by atoms with Crippen LogP contribution >= 0.6 is 11.8 Å². The minimum absolute atomic E-state index is 0.0493. The van der Waals surface area contributed by atoms with E-state index in [0.717, 1.165) is 28.1 Å². The predicted molar refractivity (Wildman–Crippen MR) is 133 cm³/mol. The van der Waals surface area contributed by atoms with Crippen LogP contribution in [-0.4, -0.2) is 33.7 Å². The van der Waals surface area contributed by atoms with E-state index < -0.39 is 17.1 Å². The summed E-state index contributed by atoms with van der Waals surface area (Å²) in [6.45, 7) is 2.79. The third-order valence-electron chi connectivity index (χ3n) is 6.52. The molecule has 7 heteroatoms. The number of hydrogen-bond acceptors (Lipinski definition) is 5. The lowest BCUT2D eigenvalue weighted by Gasteiger charge is -2.29. The number of amides is 1. The highest BCUT2D eigenvalue weighted by molar-refractivity contribution is 7.98. The number of aryl methyl sites for hydroxylation is 1. The average Bonchev–Trinajstić information content (AvgIpc) is 3.22. The number of benzene rings is 2. The number of aromatic hydroxyl groups is 1. The molecule has 0 unspecified atom stereocenters. The molecule has 0 spiro atoms. The SMILES string of the molecule is CSc1ccc([C@@H](CC(=O)N2CCc3c([nH]c4ccccc34)C2)c2oc(C)cc(=O)c2O)cc1. The largest absolute Gasteiger partial charge is 0.502 e. The van der Waals surface area contributed by atoms with Gasteiger partial charge in [0, 0.05) is 40.5 Å². The monoisotopic (exact) mass is 474 g/mol. The molecule has 6 nitrogen and oxygen atoms in total. The van der Waals surface area contributed by atoms with Crippen LogP contribution in [0.5, 0.6) is 5.75 Å². The molecule has 2 N–H and O–H groups in total. The van der Waals surface area contributed by atoms with Gasteiger partial charge in [-0.25, -0.2) is 0 Å². The zero-order valence-electron chi connectivity index (χ0n) is 19.1. The van der Waals surface area contributed by atoms with E-state index in [4.69, 9.17) is 4.42 Å². The van der Waals surface area contributed by atoms with Crippen molar-refractivity contribution in [2.24, 2.45) is 0 Å². The number of nitrogens with one attached hydrogen (secondary N) is 1. The Bertz CT molecular complexity index is 1420. The number of thioether (sulfide) groups is 1. The minimum Gasteiger partial charge on any atom is -0.502 e. The van der Waals surface area contributed by atoms with Gasteiger partial charge in [-0.3, -0.25) is 9.59 Å².